The summed E-state index contributed by atoms with van der Waals surface area (Å²) in [5.74, 6) is -0.912. The predicted octanol–water partition coefficient (Wildman–Crippen LogP) is 1.90. The number of rotatable bonds is 2. The highest BCUT2D eigenvalue weighted by Gasteiger charge is 2.13. The van der Waals surface area contributed by atoms with E-state index in [1.165, 1.54) is 6.07 Å². The molecule has 0 fully saturated rings. The molecule has 0 radical (unpaired) electrons. The van der Waals surface area contributed by atoms with Gasteiger partial charge < -0.3 is 10.8 Å². The lowest BCUT2D eigenvalue weighted by Crippen LogP contribution is -2.10. The quantitative estimate of drug-likeness (QED) is 0.735. The van der Waals surface area contributed by atoms with Crippen LogP contribution in [0.2, 0.25) is 0 Å². The zero-order valence-electron chi connectivity index (χ0n) is 7.84. The maximum Gasteiger partial charge on any atom is 0.168 e. The highest BCUT2D eigenvalue weighted by atomic mass is 19.1. The third-order valence-corrected chi connectivity index (χ3v) is 2.11. The van der Waals surface area contributed by atoms with Crippen molar-refractivity contribution in [1.29, 1.82) is 0 Å². The number of hydrogen-bond donors (Lipinski definition) is 2. The second kappa shape index (κ2) is 3.75. The van der Waals surface area contributed by atoms with Crippen molar-refractivity contribution in [2.75, 3.05) is 6.54 Å². The number of phenols is 1. The maximum absolute atomic E-state index is 13.3. The molecule has 0 aliphatic carbocycles. The van der Waals surface area contributed by atoms with Crippen LogP contribution in [0.1, 0.15) is 24.0 Å². The van der Waals surface area contributed by atoms with Gasteiger partial charge >= 0.3 is 0 Å². The first-order chi connectivity index (χ1) is 6.06. The lowest BCUT2D eigenvalue weighted by Gasteiger charge is -2.11. The van der Waals surface area contributed by atoms with E-state index in [4.69, 9.17) is 5.73 Å². The molecule has 0 saturated heterocycles. The third kappa shape index (κ3) is 1.98. The van der Waals surface area contributed by atoms with Gasteiger partial charge in [-0.2, -0.15) is 0 Å². The van der Waals surface area contributed by atoms with E-state index >= 15 is 0 Å². The molecule has 0 bridgehead atoms. The van der Waals surface area contributed by atoms with Crippen molar-refractivity contribution in [3.05, 3.63) is 29.1 Å². The summed E-state index contributed by atoms with van der Waals surface area (Å²) in [7, 11) is 0. The minimum absolute atomic E-state index is 0.0641. The first kappa shape index (κ1) is 9.99. The maximum atomic E-state index is 13.3. The Morgan fingerprint density at radius 3 is 2.69 bits per heavy atom. The van der Waals surface area contributed by atoms with Crippen molar-refractivity contribution < 1.29 is 9.50 Å². The van der Waals surface area contributed by atoms with Crippen LogP contribution in [0.5, 0.6) is 5.75 Å². The van der Waals surface area contributed by atoms with Gasteiger partial charge in [-0.3, -0.25) is 0 Å². The molecule has 0 saturated carbocycles. The Kier molecular flexibility index (Phi) is 2.88. The lowest BCUT2D eigenvalue weighted by atomic mass is 9.98. The number of hydrogen-bond acceptors (Lipinski definition) is 2. The Morgan fingerprint density at radius 2 is 2.15 bits per heavy atom. The van der Waals surface area contributed by atoms with E-state index in [-0.39, 0.29) is 11.7 Å². The Hall–Kier alpha value is -1.09. The molecule has 0 amide bonds. The van der Waals surface area contributed by atoms with Crippen LogP contribution in [0.15, 0.2) is 12.1 Å². The van der Waals surface area contributed by atoms with Crippen LogP contribution >= 0.6 is 0 Å². The summed E-state index contributed by atoms with van der Waals surface area (Å²) in [5, 5.41) is 9.21. The van der Waals surface area contributed by atoms with Crippen molar-refractivity contribution >= 4 is 0 Å². The molecule has 0 aliphatic rings. The lowest BCUT2D eigenvalue weighted by molar-refractivity contribution is 0.425. The molecule has 0 aromatic heterocycles. The Bertz CT molecular complexity index is 312. The summed E-state index contributed by atoms with van der Waals surface area (Å²) >= 11 is 0. The van der Waals surface area contributed by atoms with Crippen molar-refractivity contribution in [2.24, 2.45) is 5.73 Å². The van der Waals surface area contributed by atoms with Crippen molar-refractivity contribution in [2.45, 2.75) is 19.8 Å². The number of aryl methyl sites for hydroxylation is 1. The van der Waals surface area contributed by atoms with Crippen LogP contribution in [0.4, 0.5) is 4.39 Å². The molecule has 1 atom stereocenters. The standard InChI is InChI=1S/C10H14FNO/c1-6-3-8(7(2)5-12)10(11)9(13)4-6/h3-4,7,13H,5,12H2,1-2H3. The van der Waals surface area contributed by atoms with Gasteiger partial charge in [0.2, 0.25) is 0 Å². The highest BCUT2D eigenvalue weighted by Crippen LogP contribution is 2.26. The second-order valence-electron chi connectivity index (χ2n) is 3.32. The number of benzene rings is 1. The summed E-state index contributed by atoms with van der Waals surface area (Å²) in [6, 6.07) is 3.12. The molecule has 3 N–H and O–H groups in total. The zero-order chi connectivity index (χ0) is 10.0. The largest absolute Gasteiger partial charge is 0.505 e. The van der Waals surface area contributed by atoms with Gasteiger partial charge in [0.25, 0.3) is 0 Å². The predicted molar refractivity (Wildman–Crippen MR) is 50.3 cm³/mol. The second-order valence-corrected chi connectivity index (χ2v) is 3.32. The van der Waals surface area contributed by atoms with Crippen LogP contribution in [-0.4, -0.2) is 11.7 Å². The monoisotopic (exact) mass is 183 g/mol. The molecule has 0 aliphatic heterocycles. The molecule has 2 nitrogen and oxygen atoms in total. The molecule has 1 aromatic rings. The summed E-state index contributed by atoms with van der Waals surface area (Å²) in [6.45, 7) is 4.02. The first-order valence-electron chi connectivity index (χ1n) is 4.25. The van der Waals surface area contributed by atoms with Gasteiger partial charge in [0.05, 0.1) is 0 Å². The van der Waals surface area contributed by atoms with E-state index in [2.05, 4.69) is 0 Å². The molecule has 0 spiro atoms. The number of phenolic OH excluding ortho intramolecular Hbond substituents is 1. The molecule has 1 rings (SSSR count). The van der Waals surface area contributed by atoms with Crippen LogP contribution in [0.25, 0.3) is 0 Å². The fourth-order valence-corrected chi connectivity index (χ4v) is 1.26. The van der Waals surface area contributed by atoms with E-state index in [1.807, 2.05) is 13.8 Å². The summed E-state index contributed by atoms with van der Waals surface area (Å²) in [4.78, 5) is 0. The normalized spacial score (nSPS) is 12.9. The van der Waals surface area contributed by atoms with E-state index in [0.29, 0.717) is 12.1 Å². The van der Waals surface area contributed by atoms with Gasteiger partial charge in [0.15, 0.2) is 11.6 Å². The van der Waals surface area contributed by atoms with Crippen molar-refractivity contribution in [3.63, 3.8) is 0 Å². The molecule has 0 heterocycles. The Morgan fingerprint density at radius 1 is 1.54 bits per heavy atom. The molecule has 72 valence electrons. The molecule has 1 aromatic carbocycles. The number of aromatic hydroxyl groups is 1. The van der Waals surface area contributed by atoms with Crippen LogP contribution in [0, 0.1) is 12.7 Å². The first-order valence-corrected chi connectivity index (χ1v) is 4.25. The molecule has 13 heavy (non-hydrogen) atoms. The zero-order valence-corrected chi connectivity index (χ0v) is 7.84. The van der Waals surface area contributed by atoms with Gasteiger partial charge in [-0.25, -0.2) is 4.39 Å². The van der Waals surface area contributed by atoms with Gasteiger partial charge in [0.1, 0.15) is 0 Å². The SMILES string of the molecule is Cc1cc(O)c(F)c(C(C)CN)c1. The van der Waals surface area contributed by atoms with E-state index < -0.39 is 5.82 Å². The van der Waals surface area contributed by atoms with Gasteiger partial charge in [0, 0.05) is 0 Å². The van der Waals surface area contributed by atoms with Gasteiger partial charge in [-0.05, 0) is 36.6 Å². The average molecular weight is 183 g/mol. The van der Waals surface area contributed by atoms with Crippen molar-refractivity contribution in [1.82, 2.24) is 0 Å². The van der Waals surface area contributed by atoms with Gasteiger partial charge in [-0.1, -0.05) is 13.0 Å². The number of nitrogens with two attached hydrogens (primary N) is 1. The molecule has 1 unspecified atom stereocenters. The Balaban J connectivity index is 3.20. The van der Waals surface area contributed by atoms with E-state index in [1.54, 1.807) is 6.07 Å². The van der Waals surface area contributed by atoms with E-state index in [9.17, 15) is 9.50 Å². The minimum Gasteiger partial charge on any atom is -0.505 e. The molecular weight excluding hydrogens is 169 g/mol. The average Bonchev–Trinajstić information content (AvgIpc) is 2.10. The minimum atomic E-state index is -0.552. The summed E-state index contributed by atoms with van der Waals surface area (Å²) in [6.07, 6.45) is 0. The third-order valence-electron chi connectivity index (χ3n) is 2.11. The fraction of sp³-hybridized carbons (Fsp3) is 0.400. The topological polar surface area (TPSA) is 46.2 Å². The highest BCUT2D eigenvalue weighted by molar-refractivity contribution is 5.36. The Labute approximate surface area is 77.2 Å². The molecular formula is C10H14FNO. The fourth-order valence-electron chi connectivity index (χ4n) is 1.26. The molecule has 3 heteroatoms. The summed E-state index contributed by atoms with van der Waals surface area (Å²) < 4.78 is 13.3. The number of halogens is 1. The van der Waals surface area contributed by atoms with Gasteiger partial charge in [-0.15, -0.1) is 0 Å². The van der Waals surface area contributed by atoms with Crippen LogP contribution in [0.3, 0.4) is 0 Å². The smallest absolute Gasteiger partial charge is 0.168 e. The van der Waals surface area contributed by atoms with Crippen LogP contribution in [-0.2, 0) is 0 Å². The van der Waals surface area contributed by atoms with Crippen LogP contribution < -0.4 is 5.73 Å². The summed E-state index contributed by atoms with van der Waals surface area (Å²) in [5.41, 5.74) is 6.75. The van der Waals surface area contributed by atoms with E-state index in [0.717, 1.165) is 5.56 Å². The van der Waals surface area contributed by atoms with Crippen molar-refractivity contribution in [3.8, 4) is 5.75 Å².